The van der Waals surface area contributed by atoms with Crippen LogP contribution in [0, 0.1) is 0 Å². The van der Waals surface area contributed by atoms with Gasteiger partial charge in [-0.3, -0.25) is 0 Å². The van der Waals surface area contributed by atoms with Crippen LogP contribution < -0.4 is 5.73 Å². The molecule has 2 aromatic rings. The molecule has 18 heavy (non-hydrogen) atoms. The molecule has 0 amide bonds. The van der Waals surface area contributed by atoms with Crippen molar-refractivity contribution in [3.05, 3.63) is 28.5 Å². The van der Waals surface area contributed by atoms with Crippen molar-refractivity contribution in [3.8, 4) is 0 Å². The fourth-order valence-electron chi connectivity index (χ4n) is 2.28. The number of halogens is 1. The normalized spacial score (nSPS) is 14.9. The maximum atomic E-state index is 5.96. The Morgan fingerprint density at radius 2 is 2.11 bits per heavy atom. The van der Waals surface area contributed by atoms with Gasteiger partial charge < -0.3 is 10.3 Å². The Hall–Kier alpha value is -0.870. The fourth-order valence-corrected chi connectivity index (χ4v) is 2.63. The molecule has 0 aliphatic heterocycles. The van der Waals surface area contributed by atoms with E-state index in [4.69, 9.17) is 10.7 Å². The largest absolute Gasteiger partial charge is 0.329 e. The van der Waals surface area contributed by atoms with Gasteiger partial charge in [-0.1, -0.05) is 29.8 Å². The predicted molar refractivity (Wildman–Crippen MR) is 79.8 cm³/mol. The summed E-state index contributed by atoms with van der Waals surface area (Å²) in [5, 5.41) is 0. The van der Waals surface area contributed by atoms with Crippen molar-refractivity contribution in [1.82, 2.24) is 9.55 Å². The molecule has 1 aromatic heterocycles. The van der Waals surface area contributed by atoms with Gasteiger partial charge in [0.2, 0.25) is 0 Å². The lowest BCUT2D eigenvalue weighted by Gasteiger charge is -2.26. The molecule has 1 heterocycles. The van der Waals surface area contributed by atoms with Crippen LogP contribution in [0.5, 0.6) is 0 Å². The summed E-state index contributed by atoms with van der Waals surface area (Å²) < 4.78 is 3.34. The smallest absolute Gasteiger partial charge is 0.117 e. The minimum atomic E-state index is -0.0541. The van der Waals surface area contributed by atoms with Gasteiger partial charge in [0.15, 0.2) is 0 Å². The second kappa shape index (κ2) is 5.02. The van der Waals surface area contributed by atoms with Crippen LogP contribution in [0.15, 0.2) is 22.7 Å². The van der Waals surface area contributed by atoms with Crippen molar-refractivity contribution < 1.29 is 0 Å². The van der Waals surface area contributed by atoms with Gasteiger partial charge in [0.25, 0.3) is 0 Å². The molecule has 0 fully saturated rings. The highest BCUT2D eigenvalue weighted by Gasteiger charge is 2.29. The zero-order valence-electron chi connectivity index (χ0n) is 11.2. The van der Waals surface area contributed by atoms with Crippen LogP contribution >= 0.6 is 15.9 Å². The van der Waals surface area contributed by atoms with Gasteiger partial charge in [0.1, 0.15) is 5.82 Å². The topological polar surface area (TPSA) is 43.8 Å². The van der Waals surface area contributed by atoms with Gasteiger partial charge in [-0.25, -0.2) is 4.98 Å². The molecule has 3 nitrogen and oxygen atoms in total. The lowest BCUT2D eigenvalue weighted by Crippen LogP contribution is -2.34. The molecule has 0 radical (unpaired) electrons. The van der Waals surface area contributed by atoms with Gasteiger partial charge in [0, 0.05) is 23.0 Å². The Morgan fingerprint density at radius 3 is 2.67 bits per heavy atom. The summed E-state index contributed by atoms with van der Waals surface area (Å²) in [4.78, 5) is 4.81. The maximum absolute atomic E-state index is 5.96. The van der Waals surface area contributed by atoms with Gasteiger partial charge in [-0.2, -0.15) is 0 Å². The Balaban J connectivity index is 2.71. The van der Waals surface area contributed by atoms with Crippen LogP contribution in [0.2, 0.25) is 0 Å². The first-order chi connectivity index (χ1) is 8.55. The van der Waals surface area contributed by atoms with Gasteiger partial charge in [-0.05, 0) is 31.5 Å². The first kappa shape index (κ1) is 13.6. The average molecular weight is 310 g/mol. The molecule has 0 aliphatic rings. The SMILES string of the molecule is CCn1c(C(C)(CC)CN)nc2cc(Br)ccc21. The molecule has 0 aliphatic carbocycles. The number of nitrogens with two attached hydrogens (primary N) is 1. The second-order valence-corrected chi connectivity index (χ2v) is 5.85. The van der Waals surface area contributed by atoms with E-state index in [1.807, 2.05) is 0 Å². The lowest BCUT2D eigenvalue weighted by atomic mass is 9.86. The molecule has 2 N–H and O–H groups in total. The molecule has 4 heteroatoms. The third-order valence-corrected chi connectivity index (χ3v) is 4.29. The number of aromatic nitrogens is 2. The predicted octanol–water partition coefficient (Wildman–Crippen LogP) is 3.45. The summed E-state index contributed by atoms with van der Waals surface area (Å²) in [5.41, 5.74) is 8.13. The van der Waals surface area contributed by atoms with E-state index in [9.17, 15) is 0 Å². The number of hydrogen-bond donors (Lipinski definition) is 1. The molecule has 1 aromatic carbocycles. The third kappa shape index (κ3) is 2.08. The first-order valence-corrected chi connectivity index (χ1v) is 7.21. The number of aryl methyl sites for hydroxylation is 1. The number of nitrogens with zero attached hydrogens (tertiary/aromatic N) is 2. The van der Waals surface area contributed by atoms with Crippen LogP contribution in [-0.2, 0) is 12.0 Å². The maximum Gasteiger partial charge on any atom is 0.117 e. The summed E-state index contributed by atoms with van der Waals surface area (Å²) in [7, 11) is 0. The molecule has 1 unspecified atom stereocenters. The van der Waals surface area contributed by atoms with Crippen molar-refractivity contribution in [2.75, 3.05) is 6.54 Å². The Bertz CT molecular complexity index is 555. The van der Waals surface area contributed by atoms with Crippen LogP contribution in [0.1, 0.15) is 33.0 Å². The molecule has 2 rings (SSSR count). The van der Waals surface area contributed by atoms with Gasteiger partial charge in [-0.15, -0.1) is 0 Å². The summed E-state index contributed by atoms with van der Waals surface area (Å²) in [6.45, 7) is 8.05. The fraction of sp³-hybridized carbons (Fsp3) is 0.500. The van der Waals surface area contributed by atoms with Gasteiger partial charge in [0.05, 0.1) is 11.0 Å². The summed E-state index contributed by atoms with van der Waals surface area (Å²) in [6.07, 6.45) is 0.994. The molecular weight excluding hydrogens is 290 g/mol. The van der Waals surface area contributed by atoms with E-state index in [0.29, 0.717) is 6.54 Å². The zero-order chi connectivity index (χ0) is 13.3. The van der Waals surface area contributed by atoms with Crippen molar-refractivity contribution in [2.45, 2.75) is 39.2 Å². The molecule has 1 atom stereocenters. The Morgan fingerprint density at radius 1 is 1.39 bits per heavy atom. The number of hydrogen-bond acceptors (Lipinski definition) is 2. The standard InChI is InChI=1S/C14H20BrN3/c1-4-14(3,9-16)13-17-11-8-10(15)6-7-12(11)18(13)5-2/h6-8H,4-5,9,16H2,1-3H3. The highest BCUT2D eigenvalue weighted by molar-refractivity contribution is 9.10. The summed E-state index contributed by atoms with van der Waals surface area (Å²) in [6, 6.07) is 6.25. The zero-order valence-corrected chi connectivity index (χ0v) is 12.8. The highest BCUT2D eigenvalue weighted by atomic mass is 79.9. The molecule has 0 spiro atoms. The van der Waals surface area contributed by atoms with Crippen molar-refractivity contribution in [1.29, 1.82) is 0 Å². The van der Waals surface area contributed by atoms with E-state index >= 15 is 0 Å². The van der Waals surface area contributed by atoms with Crippen LogP contribution in [0.4, 0.5) is 0 Å². The molecule has 0 saturated heterocycles. The third-order valence-electron chi connectivity index (χ3n) is 3.80. The second-order valence-electron chi connectivity index (χ2n) is 4.93. The number of imidazole rings is 1. The molecule has 0 saturated carbocycles. The van der Waals surface area contributed by atoms with E-state index in [0.717, 1.165) is 28.8 Å². The molecule has 0 bridgehead atoms. The Labute approximate surface area is 117 Å². The van der Waals surface area contributed by atoms with E-state index in [2.05, 4.69) is 59.5 Å². The number of benzene rings is 1. The lowest BCUT2D eigenvalue weighted by molar-refractivity contribution is 0.420. The van der Waals surface area contributed by atoms with Crippen molar-refractivity contribution in [3.63, 3.8) is 0 Å². The molecular formula is C14H20BrN3. The summed E-state index contributed by atoms with van der Waals surface area (Å²) >= 11 is 3.50. The van der Waals surface area contributed by atoms with Crippen LogP contribution in [-0.4, -0.2) is 16.1 Å². The number of fused-ring (bicyclic) bond motifs is 1. The van der Waals surface area contributed by atoms with E-state index in [1.165, 1.54) is 5.52 Å². The molecule has 98 valence electrons. The minimum absolute atomic E-state index is 0.0541. The van der Waals surface area contributed by atoms with Crippen molar-refractivity contribution >= 4 is 27.0 Å². The highest BCUT2D eigenvalue weighted by Crippen LogP contribution is 2.30. The monoisotopic (exact) mass is 309 g/mol. The van der Waals surface area contributed by atoms with E-state index in [-0.39, 0.29) is 5.41 Å². The quantitative estimate of drug-likeness (QED) is 0.940. The minimum Gasteiger partial charge on any atom is -0.329 e. The van der Waals surface area contributed by atoms with E-state index < -0.39 is 0 Å². The average Bonchev–Trinajstić information content (AvgIpc) is 2.75. The van der Waals surface area contributed by atoms with Crippen molar-refractivity contribution in [2.24, 2.45) is 5.73 Å². The summed E-state index contributed by atoms with van der Waals surface area (Å²) in [5.74, 6) is 1.10. The van der Waals surface area contributed by atoms with Gasteiger partial charge >= 0.3 is 0 Å². The Kier molecular flexibility index (Phi) is 3.78. The van der Waals surface area contributed by atoms with Crippen LogP contribution in [0.3, 0.4) is 0 Å². The van der Waals surface area contributed by atoms with E-state index in [1.54, 1.807) is 0 Å². The van der Waals surface area contributed by atoms with Crippen LogP contribution in [0.25, 0.3) is 11.0 Å². The first-order valence-electron chi connectivity index (χ1n) is 6.42. The number of rotatable bonds is 4.